The molecular formula is C24H27ClFN9O3S. The van der Waals surface area contributed by atoms with Crippen LogP contribution in [0, 0.1) is 6.92 Å². The molecule has 1 aromatic carbocycles. The van der Waals surface area contributed by atoms with Gasteiger partial charge in [-0.15, -0.1) is 0 Å². The molecule has 2 saturated heterocycles. The van der Waals surface area contributed by atoms with Crippen molar-refractivity contribution in [2.75, 3.05) is 35.5 Å². The molecule has 4 heterocycles. The number of halogens is 2. The number of sulfonamides is 1. The number of alkyl halides is 1. The van der Waals surface area contributed by atoms with E-state index in [9.17, 15) is 17.6 Å². The van der Waals surface area contributed by atoms with Crippen molar-refractivity contribution in [3.63, 3.8) is 0 Å². The summed E-state index contributed by atoms with van der Waals surface area (Å²) in [4.78, 5) is 24.7. The lowest BCUT2D eigenvalue weighted by molar-refractivity contribution is 0.0607. The number of nitrogens with one attached hydrogen (secondary N) is 1. The van der Waals surface area contributed by atoms with Crippen LogP contribution in [0.1, 0.15) is 46.9 Å². The quantitative estimate of drug-likeness (QED) is 0.263. The summed E-state index contributed by atoms with van der Waals surface area (Å²) in [6, 6.07) is 5.12. The maximum atomic E-state index is 14.4. The maximum Gasteiger partial charge on any atom is 0.256 e. The Morgan fingerprint density at radius 2 is 2.08 bits per heavy atom. The Morgan fingerprint density at radius 1 is 1.28 bits per heavy atom. The number of carbonyl (C=O) groups excluding carboxylic acids is 1. The number of rotatable bonds is 6. The van der Waals surface area contributed by atoms with Crippen molar-refractivity contribution in [2.45, 2.75) is 44.4 Å². The number of benzene rings is 1. The Hall–Kier alpha value is -3.61. The van der Waals surface area contributed by atoms with E-state index >= 15 is 0 Å². The standard InChI is InChI=1S/C24H27ClFN9O3S/c1-14-11-35-22(28-23(14)33-12-17(26)20(13-33)29-32-27)10-19(30-35)21-5-3-4-8-34(21)24(36)16-9-15(25)6-7-18(16)31-39(2,37)38/h6-7,9-11,17,20-21,31H,3-5,8,12-13H2,1-2H3/t17?,20?,21-/m0/s1. The normalized spacial score (nSPS) is 21.7. The van der Waals surface area contributed by atoms with E-state index in [-0.39, 0.29) is 36.3 Å². The van der Waals surface area contributed by atoms with E-state index in [0.29, 0.717) is 35.1 Å². The minimum Gasteiger partial charge on any atom is -0.353 e. The van der Waals surface area contributed by atoms with Gasteiger partial charge in [-0.1, -0.05) is 16.7 Å². The Labute approximate surface area is 229 Å². The third kappa shape index (κ3) is 5.58. The van der Waals surface area contributed by atoms with Gasteiger partial charge in [-0.25, -0.2) is 22.3 Å². The number of amides is 1. The monoisotopic (exact) mass is 575 g/mol. The van der Waals surface area contributed by atoms with Gasteiger partial charge in [0, 0.05) is 40.9 Å². The van der Waals surface area contributed by atoms with Crippen LogP contribution in [0.2, 0.25) is 5.02 Å². The zero-order valence-electron chi connectivity index (χ0n) is 21.3. The van der Waals surface area contributed by atoms with Gasteiger partial charge < -0.3 is 9.80 Å². The summed E-state index contributed by atoms with van der Waals surface area (Å²) in [5.74, 6) is 0.226. The summed E-state index contributed by atoms with van der Waals surface area (Å²) in [6.07, 6.45) is 3.88. The highest BCUT2D eigenvalue weighted by atomic mass is 35.5. The molecule has 0 saturated carbocycles. The van der Waals surface area contributed by atoms with Gasteiger partial charge >= 0.3 is 0 Å². The molecule has 1 amide bonds. The minimum absolute atomic E-state index is 0.0725. The number of aryl methyl sites for hydroxylation is 1. The summed E-state index contributed by atoms with van der Waals surface area (Å²) >= 11 is 6.17. The smallest absolute Gasteiger partial charge is 0.256 e. The van der Waals surface area contributed by atoms with E-state index < -0.39 is 22.2 Å². The van der Waals surface area contributed by atoms with Crippen molar-refractivity contribution in [1.82, 2.24) is 19.5 Å². The molecular weight excluding hydrogens is 549 g/mol. The number of aromatic nitrogens is 3. The Bertz CT molecular complexity index is 1590. The fourth-order valence-electron chi connectivity index (χ4n) is 5.22. The van der Waals surface area contributed by atoms with Crippen molar-refractivity contribution in [3.8, 4) is 0 Å². The van der Waals surface area contributed by atoms with E-state index in [0.717, 1.165) is 24.7 Å². The molecule has 15 heteroatoms. The third-order valence-corrected chi connectivity index (χ3v) is 7.78. The molecule has 0 bridgehead atoms. The van der Waals surface area contributed by atoms with Crippen molar-refractivity contribution in [1.29, 1.82) is 0 Å². The fourth-order valence-corrected chi connectivity index (χ4v) is 5.97. The third-order valence-electron chi connectivity index (χ3n) is 6.96. The van der Waals surface area contributed by atoms with Crippen LogP contribution in [0.25, 0.3) is 16.1 Å². The largest absolute Gasteiger partial charge is 0.353 e. The highest BCUT2D eigenvalue weighted by Gasteiger charge is 2.35. The molecule has 2 aromatic heterocycles. The number of likely N-dealkylation sites (tertiary alicyclic amines) is 1. The summed E-state index contributed by atoms with van der Waals surface area (Å²) < 4.78 is 42.2. The van der Waals surface area contributed by atoms with E-state index in [1.807, 2.05) is 6.92 Å². The van der Waals surface area contributed by atoms with Gasteiger partial charge in [-0.05, 0) is 49.9 Å². The van der Waals surface area contributed by atoms with Crippen LogP contribution in [0.3, 0.4) is 0 Å². The molecule has 3 aromatic rings. The lowest BCUT2D eigenvalue weighted by atomic mass is 9.98. The highest BCUT2D eigenvalue weighted by Crippen LogP contribution is 2.34. The van der Waals surface area contributed by atoms with Gasteiger partial charge in [0.15, 0.2) is 5.65 Å². The van der Waals surface area contributed by atoms with Crippen LogP contribution in [-0.4, -0.2) is 71.9 Å². The Morgan fingerprint density at radius 3 is 2.82 bits per heavy atom. The molecule has 0 spiro atoms. The average molecular weight is 576 g/mol. The van der Waals surface area contributed by atoms with Gasteiger partial charge in [0.05, 0.1) is 41.8 Å². The van der Waals surface area contributed by atoms with E-state index in [1.165, 1.54) is 18.2 Å². The lowest BCUT2D eigenvalue weighted by Gasteiger charge is -2.35. The number of hydrogen-bond donors (Lipinski definition) is 1. The molecule has 206 valence electrons. The van der Waals surface area contributed by atoms with Crippen molar-refractivity contribution < 1.29 is 17.6 Å². The minimum atomic E-state index is -3.62. The zero-order valence-corrected chi connectivity index (χ0v) is 22.9. The average Bonchev–Trinajstić information content (AvgIpc) is 3.46. The van der Waals surface area contributed by atoms with Crippen molar-refractivity contribution >= 4 is 44.7 Å². The number of azide groups is 1. The van der Waals surface area contributed by atoms with Gasteiger partial charge in [-0.3, -0.25) is 9.52 Å². The second kappa shape index (κ2) is 10.5. The maximum absolute atomic E-state index is 14.4. The number of fused-ring (bicyclic) bond motifs is 1. The summed E-state index contributed by atoms with van der Waals surface area (Å²) in [7, 11) is -3.62. The van der Waals surface area contributed by atoms with Gasteiger partial charge in [0.2, 0.25) is 10.0 Å². The van der Waals surface area contributed by atoms with Gasteiger partial charge in [0.1, 0.15) is 12.0 Å². The Balaban J connectivity index is 1.47. The highest BCUT2D eigenvalue weighted by molar-refractivity contribution is 7.92. The first-order valence-corrected chi connectivity index (χ1v) is 14.7. The van der Waals surface area contributed by atoms with E-state index in [1.54, 1.807) is 26.6 Å². The zero-order chi connectivity index (χ0) is 27.9. The number of anilines is 2. The summed E-state index contributed by atoms with van der Waals surface area (Å²) in [5, 5.41) is 8.58. The van der Waals surface area contributed by atoms with E-state index in [2.05, 4.69) is 14.7 Å². The topological polar surface area (TPSA) is 149 Å². The first-order chi connectivity index (χ1) is 18.5. The molecule has 3 atom stereocenters. The summed E-state index contributed by atoms with van der Waals surface area (Å²) in [5.41, 5.74) is 11.0. The predicted octanol–water partition coefficient (Wildman–Crippen LogP) is 4.27. The second-order valence-corrected chi connectivity index (χ2v) is 12.1. The Kier molecular flexibility index (Phi) is 7.27. The number of piperidine rings is 1. The van der Waals surface area contributed by atoms with Gasteiger partial charge in [-0.2, -0.15) is 5.10 Å². The molecule has 2 aliphatic rings. The lowest BCUT2D eigenvalue weighted by Crippen LogP contribution is -2.39. The molecule has 1 N–H and O–H groups in total. The number of carbonyl (C=O) groups is 1. The second-order valence-electron chi connectivity index (χ2n) is 9.89. The molecule has 0 radical (unpaired) electrons. The first kappa shape index (κ1) is 27.0. The van der Waals surface area contributed by atoms with E-state index in [4.69, 9.17) is 27.2 Å². The van der Waals surface area contributed by atoms with Gasteiger partial charge in [0.25, 0.3) is 5.91 Å². The molecule has 2 unspecified atom stereocenters. The van der Waals surface area contributed by atoms with Crippen LogP contribution < -0.4 is 9.62 Å². The predicted molar refractivity (Wildman–Crippen MR) is 145 cm³/mol. The van der Waals surface area contributed by atoms with Crippen LogP contribution in [0.4, 0.5) is 15.9 Å². The van der Waals surface area contributed by atoms with Crippen molar-refractivity contribution in [3.05, 3.63) is 62.7 Å². The number of hydrogen-bond acceptors (Lipinski definition) is 7. The molecule has 12 nitrogen and oxygen atoms in total. The molecule has 2 fully saturated rings. The SMILES string of the molecule is Cc1cn2nc([C@@H]3CCCCN3C(=O)c3cc(Cl)ccc3NS(C)(=O)=O)cc2nc1N1CC(F)C(N=[N+]=[N-])C1. The molecule has 5 rings (SSSR count). The molecule has 2 aliphatic heterocycles. The number of nitrogens with zero attached hydrogens (tertiary/aromatic N) is 8. The van der Waals surface area contributed by atoms with Crippen LogP contribution in [0.5, 0.6) is 0 Å². The van der Waals surface area contributed by atoms with Crippen molar-refractivity contribution in [2.24, 2.45) is 5.11 Å². The first-order valence-electron chi connectivity index (χ1n) is 12.4. The molecule has 0 aliphatic carbocycles. The van der Waals surface area contributed by atoms with Crippen LogP contribution in [0.15, 0.2) is 35.6 Å². The van der Waals surface area contributed by atoms with Crippen LogP contribution >= 0.6 is 11.6 Å². The molecule has 39 heavy (non-hydrogen) atoms. The fraction of sp³-hybridized carbons (Fsp3) is 0.458. The summed E-state index contributed by atoms with van der Waals surface area (Å²) in [6.45, 7) is 2.61. The van der Waals surface area contributed by atoms with Crippen LogP contribution in [-0.2, 0) is 10.0 Å².